The van der Waals surface area contributed by atoms with Crippen LogP contribution >= 0.6 is 0 Å². The van der Waals surface area contributed by atoms with Crippen LogP contribution in [0.25, 0.3) is 0 Å². The minimum absolute atomic E-state index is 0.111. The lowest BCUT2D eigenvalue weighted by Gasteiger charge is -2.33. The zero-order valence-corrected chi connectivity index (χ0v) is 17.8. The summed E-state index contributed by atoms with van der Waals surface area (Å²) in [6.07, 6.45) is 2.10. The van der Waals surface area contributed by atoms with Crippen LogP contribution in [0.15, 0.2) is 23.1 Å². The number of nitrogens with one attached hydrogen (secondary N) is 1. The van der Waals surface area contributed by atoms with Crippen LogP contribution in [0.4, 0.5) is 11.4 Å². The molecule has 0 unspecified atom stereocenters. The van der Waals surface area contributed by atoms with Gasteiger partial charge in [-0.3, -0.25) is 10.1 Å². The highest BCUT2D eigenvalue weighted by Crippen LogP contribution is 2.33. The number of nitro groups is 1. The Morgan fingerprint density at radius 3 is 2.21 bits per heavy atom. The fraction of sp³-hybridized carbons (Fsp3) is 0.625. The first-order valence-corrected chi connectivity index (χ1v) is 12.3. The molecule has 1 heterocycles. The molecule has 158 valence electrons. The average Bonchev–Trinajstić information content (AvgIpc) is 2.61. The molecule has 1 N–H and O–H groups in total. The van der Waals surface area contributed by atoms with Crippen molar-refractivity contribution in [2.24, 2.45) is 0 Å². The summed E-state index contributed by atoms with van der Waals surface area (Å²) in [5.41, 5.74) is 0.0593. The Hall–Kier alpha value is -1.76. The van der Waals surface area contributed by atoms with Crippen molar-refractivity contribution < 1.29 is 21.8 Å². The first-order valence-electron chi connectivity index (χ1n) is 9.00. The predicted octanol–water partition coefficient (Wildman–Crippen LogP) is 1.14. The molecular weight excluding hydrogens is 408 g/mol. The maximum Gasteiger partial charge on any atom is 0.293 e. The summed E-state index contributed by atoms with van der Waals surface area (Å²) in [5.74, 6) is 0. The molecule has 1 saturated heterocycles. The van der Waals surface area contributed by atoms with E-state index in [0.29, 0.717) is 31.6 Å². The predicted molar refractivity (Wildman–Crippen MR) is 106 cm³/mol. The molecule has 1 aliphatic rings. The summed E-state index contributed by atoms with van der Waals surface area (Å²) in [6, 6.07) is 3.73. The van der Waals surface area contributed by atoms with Crippen LogP contribution in [-0.2, 0) is 20.0 Å². The zero-order valence-electron chi connectivity index (χ0n) is 16.2. The smallest absolute Gasteiger partial charge is 0.293 e. The second kappa shape index (κ2) is 8.72. The van der Waals surface area contributed by atoms with Gasteiger partial charge in [-0.05, 0) is 25.0 Å². The molecule has 0 aliphatic carbocycles. The van der Waals surface area contributed by atoms with E-state index in [4.69, 9.17) is 0 Å². The average molecular weight is 435 g/mol. The number of hydrogen-bond acceptors (Lipinski definition) is 7. The molecule has 28 heavy (non-hydrogen) atoms. The SMILES string of the molecule is CCN(CC)S(=O)(=O)c1ccc(N2CCC(NS(C)(=O)=O)CC2)c([N+](=O)[O-])c1. The molecule has 0 radical (unpaired) electrons. The summed E-state index contributed by atoms with van der Waals surface area (Å²) in [4.78, 5) is 12.7. The number of anilines is 1. The summed E-state index contributed by atoms with van der Waals surface area (Å²) in [5, 5.41) is 11.6. The number of piperidine rings is 1. The number of sulfonamides is 2. The van der Waals surface area contributed by atoms with Crippen LogP contribution in [0.1, 0.15) is 26.7 Å². The summed E-state index contributed by atoms with van der Waals surface area (Å²) in [7, 11) is -7.11. The van der Waals surface area contributed by atoms with Gasteiger partial charge in [0.15, 0.2) is 0 Å². The Kier molecular flexibility index (Phi) is 7.02. The number of nitro benzene ring substituents is 1. The van der Waals surface area contributed by atoms with E-state index in [1.54, 1.807) is 18.7 Å². The van der Waals surface area contributed by atoms with Crippen LogP contribution in [0, 0.1) is 10.1 Å². The van der Waals surface area contributed by atoms with Gasteiger partial charge in [0.05, 0.1) is 16.1 Å². The van der Waals surface area contributed by atoms with Crippen LogP contribution in [0.3, 0.4) is 0 Å². The molecule has 0 aromatic heterocycles. The van der Waals surface area contributed by atoms with E-state index in [0.717, 1.165) is 12.3 Å². The molecule has 1 aromatic carbocycles. The van der Waals surface area contributed by atoms with Crippen LogP contribution in [0.2, 0.25) is 0 Å². The molecule has 0 bridgehead atoms. The molecule has 1 aliphatic heterocycles. The molecule has 12 heteroatoms. The molecule has 0 spiro atoms. The maximum absolute atomic E-state index is 12.7. The van der Waals surface area contributed by atoms with Gasteiger partial charge in [0.1, 0.15) is 5.69 Å². The molecule has 0 atom stereocenters. The van der Waals surface area contributed by atoms with Gasteiger partial charge in [-0.15, -0.1) is 0 Å². The van der Waals surface area contributed by atoms with E-state index < -0.39 is 25.0 Å². The highest BCUT2D eigenvalue weighted by Gasteiger charge is 2.29. The van der Waals surface area contributed by atoms with Crippen molar-refractivity contribution in [2.45, 2.75) is 37.6 Å². The lowest BCUT2D eigenvalue weighted by molar-refractivity contribution is -0.384. The van der Waals surface area contributed by atoms with E-state index >= 15 is 0 Å². The topological polar surface area (TPSA) is 130 Å². The summed E-state index contributed by atoms with van der Waals surface area (Å²) in [6.45, 7) is 4.81. The molecule has 0 amide bonds. The van der Waals surface area contributed by atoms with Crippen LogP contribution < -0.4 is 9.62 Å². The molecular formula is C16H26N4O6S2. The summed E-state index contributed by atoms with van der Waals surface area (Å²) < 4.78 is 51.8. The zero-order chi connectivity index (χ0) is 21.1. The Morgan fingerprint density at radius 2 is 1.75 bits per heavy atom. The van der Waals surface area contributed by atoms with Gasteiger partial charge in [0.25, 0.3) is 5.69 Å². The van der Waals surface area contributed by atoms with Crippen molar-refractivity contribution in [3.8, 4) is 0 Å². The quantitative estimate of drug-likeness (QED) is 0.480. The third-order valence-corrected chi connectivity index (χ3v) is 7.51. The molecule has 1 fully saturated rings. The Bertz CT molecular complexity index is 920. The van der Waals surface area contributed by atoms with Gasteiger partial charge in [-0.25, -0.2) is 21.6 Å². The van der Waals surface area contributed by atoms with Crippen LogP contribution in [0.5, 0.6) is 0 Å². The van der Waals surface area contributed by atoms with Crippen molar-refractivity contribution in [3.63, 3.8) is 0 Å². The molecule has 2 rings (SSSR count). The second-order valence-corrected chi connectivity index (χ2v) is 10.4. The third-order valence-electron chi connectivity index (χ3n) is 4.70. The highest BCUT2D eigenvalue weighted by molar-refractivity contribution is 7.89. The largest absolute Gasteiger partial charge is 0.366 e. The maximum atomic E-state index is 12.7. The fourth-order valence-corrected chi connectivity index (χ4v) is 5.65. The van der Waals surface area contributed by atoms with Crippen LogP contribution in [-0.4, -0.2) is 64.5 Å². The van der Waals surface area contributed by atoms with Crippen molar-refractivity contribution in [1.82, 2.24) is 9.03 Å². The minimum Gasteiger partial charge on any atom is -0.366 e. The first kappa shape index (κ1) is 22.5. The van der Waals surface area contributed by atoms with Gasteiger partial charge >= 0.3 is 0 Å². The minimum atomic E-state index is -3.80. The van der Waals surface area contributed by atoms with Crippen molar-refractivity contribution in [3.05, 3.63) is 28.3 Å². The number of benzene rings is 1. The van der Waals surface area contributed by atoms with Gasteiger partial charge in [0, 0.05) is 38.3 Å². The highest BCUT2D eigenvalue weighted by atomic mass is 32.2. The van der Waals surface area contributed by atoms with E-state index in [1.165, 1.54) is 16.4 Å². The number of nitrogens with zero attached hydrogens (tertiary/aromatic N) is 3. The van der Waals surface area contributed by atoms with Gasteiger partial charge in [0.2, 0.25) is 20.0 Å². The normalized spacial score (nSPS) is 16.5. The van der Waals surface area contributed by atoms with Gasteiger partial charge in [-0.1, -0.05) is 13.8 Å². The van der Waals surface area contributed by atoms with Crippen molar-refractivity contribution in [2.75, 3.05) is 37.3 Å². The molecule has 0 saturated carbocycles. The van der Waals surface area contributed by atoms with E-state index in [1.807, 2.05) is 0 Å². The van der Waals surface area contributed by atoms with E-state index in [2.05, 4.69) is 4.72 Å². The molecule has 10 nitrogen and oxygen atoms in total. The lowest BCUT2D eigenvalue weighted by atomic mass is 10.1. The third kappa shape index (κ3) is 5.19. The van der Waals surface area contributed by atoms with E-state index in [-0.39, 0.29) is 29.7 Å². The Morgan fingerprint density at radius 1 is 1.18 bits per heavy atom. The number of rotatable bonds is 8. The van der Waals surface area contributed by atoms with Gasteiger partial charge < -0.3 is 4.90 Å². The first-order chi connectivity index (χ1) is 13.0. The standard InChI is InChI=1S/C16H26N4O6S2/c1-4-19(5-2)28(25,26)14-6-7-15(16(12-14)20(21)22)18-10-8-13(9-11-18)17-27(3,23)24/h6-7,12-13,17H,4-5,8-11H2,1-3H3. The second-order valence-electron chi connectivity index (χ2n) is 6.65. The van der Waals surface area contributed by atoms with Crippen molar-refractivity contribution >= 4 is 31.4 Å². The fourth-order valence-electron chi connectivity index (χ4n) is 3.33. The Balaban J connectivity index is 2.29. The lowest BCUT2D eigenvalue weighted by Crippen LogP contribution is -2.44. The summed E-state index contributed by atoms with van der Waals surface area (Å²) >= 11 is 0. The molecule has 1 aromatic rings. The van der Waals surface area contributed by atoms with Crippen molar-refractivity contribution in [1.29, 1.82) is 0 Å². The Labute approximate surface area is 165 Å². The monoisotopic (exact) mass is 434 g/mol. The van der Waals surface area contributed by atoms with Gasteiger partial charge in [-0.2, -0.15) is 4.31 Å². The number of hydrogen-bond donors (Lipinski definition) is 1. The van der Waals surface area contributed by atoms with E-state index in [9.17, 15) is 26.9 Å².